The standard InChI is InChI=1S/C21H24N4O3.ClH/c1-4-25(5-2)11-10-22-12-6-7-13-17-16(12)21(28)19-15(27)9-8-14(26)18(19)20(17)23-24(13)3;/h6-9,23,27-28H,4-5,10-11H2,1-3H3;1H. The van der Waals surface area contributed by atoms with Gasteiger partial charge in [0.15, 0.2) is 5.43 Å². The molecule has 29 heavy (non-hydrogen) atoms. The van der Waals surface area contributed by atoms with E-state index >= 15 is 0 Å². The zero-order chi connectivity index (χ0) is 20.0. The Bertz CT molecular complexity index is 1310. The van der Waals surface area contributed by atoms with Crippen LogP contribution in [0, 0.1) is 0 Å². The SMILES string of the molecule is CCN(CC)CCN=c1ccc2c3c1c(O)c1c(O)ccc(=O)c1c3[nH]n2C.Cl. The second-order valence-electron chi connectivity index (χ2n) is 6.99. The molecule has 0 spiro atoms. The van der Waals surface area contributed by atoms with Gasteiger partial charge in [-0.15, -0.1) is 12.4 Å². The molecule has 1 heterocycles. The molecule has 0 unspecified atom stereocenters. The fourth-order valence-electron chi connectivity index (χ4n) is 3.99. The van der Waals surface area contributed by atoms with Crippen molar-refractivity contribution in [3.8, 4) is 11.5 Å². The molecule has 154 valence electrons. The Labute approximate surface area is 173 Å². The molecule has 0 saturated heterocycles. The van der Waals surface area contributed by atoms with Crippen LogP contribution in [0.5, 0.6) is 11.5 Å². The normalized spacial score (nSPS) is 12.5. The number of phenolic OH excluding ortho intramolecular Hbond substituents is 2. The summed E-state index contributed by atoms with van der Waals surface area (Å²) in [6.45, 7) is 7.57. The Hall–Kier alpha value is -2.77. The fraction of sp³-hybridized carbons (Fsp3) is 0.333. The number of aryl methyl sites for hydroxylation is 1. The van der Waals surface area contributed by atoms with E-state index in [1.807, 2.05) is 19.2 Å². The lowest BCUT2D eigenvalue weighted by Crippen LogP contribution is -2.26. The molecule has 0 fully saturated rings. The Morgan fingerprint density at radius 2 is 1.76 bits per heavy atom. The molecule has 4 aromatic rings. The van der Waals surface area contributed by atoms with Crippen LogP contribution in [0.25, 0.3) is 32.6 Å². The highest BCUT2D eigenvalue weighted by Crippen LogP contribution is 2.40. The van der Waals surface area contributed by atoms with E-state index in [-0.39, 0.29) is 40.1 Å². The van der Waals surface area contributed by atoms with Crippen molar-refractivity contribution in [2.75, 3.05) is 26.2 Å². The molecule has 0 aliphatic rings. The summed E-state index contributed by atoms with van der Waals surface area (Å²) in [5, 5.41) is 27.0. The molecule has 0 aliphatic heterocycles. The molecule has 3 N–H and O–H groups in total. The summed E-state index contributed by atoms with van der Waals surface area (Å²) in [7, 11) is 1.85. The van der Waals surface area contributed by atoms with Gasteiger partial charge < -0.3 is 15.1 Å². The summed E-state index contributed by atoms with van der Waals surface area (Å²) in [5.41, 5.74) is 1.20. The highest BCUT2D eigenvalue weighted by atomic mass is 35.5. The number of fused-ring (bicyclic) bond motifs is 2. The molecular weight excluding hydrogens is 392 g/mol. The van der Waals surface area contributed by atoms with E-state index in [1.165, 1.54) is 12.1 Å². The first kappa shape index (κ1) is 21.0. The number of phenols is 2. The molecule has 0 bridgehead atoms. The number of hydrogen-bond acceptors (Lipinski definition) is 5. The van der Waals surface area contributed by atoms with Crippen LogP contribution < -0.4 is 10.8 Å². The lowest BCUT2D eigenvalue weighted by atomic mass is 9.99. The van der Waals surface area contributed by atoms with E-state index in [9.17, 15) is 15.0 Å². The van der Waals surface area contributed by atoms with Gasteiger partial charge in [-0.1, -0.05) is 13.8 Å². The van der Waals surface area contributed by atoms with Gasteiger partial charge in [0.25, 0.3) is 0 Å². The van der Waals surface area contributed by atoms with Gasteiger partial charge in [-0.25, -0.2) is 0 Å². The van der Waals surface area contributed by atoms with Crippen molar-refractivity contribution in [3.63, 3.8) is 0 Å². The molecule has 8 heteroatoms. The van der Waals surface area contributed by atoms with Crippen molar-refractivity contribution in [2.45, 2.75) is 13.8 Å². The molecule has 0 atom stereocenters. The number of halogens is 1. The van der Waals surface area contributed by atoms with Crippen molar-refractivity contribution < 1.29 is 10.2 Å². The molecule has 0 radical (unpaired) electrons. The second kappa shape index (κ2) is 7.93. The Morgan fingerprint density at radius 3 is 2.45 bits per heavy atom. The molecule has 0 saturated carbocycles. The lowest BCUT2D eigenvalue weighted by Gasteiger charge is -2.16. The van der Waals surface area contributed by atoms with Gasteiger partial charge in [-0.3, -0.25) is 19.6 Å². The number of hydrogen-bond donors (Lipinski definition) is 3. The van der Waals surface area contributed by atoms with Crippen LogP contribution in [-0.2, 0) is 7.05 Å². The van der Waals surface area contributed by atoms with Gasteiger partial charge in [0, 0.05) is 19.0 Å². The number of aromatic hydroxyl groups is 2. The Kier molecular flexibility index (Phi) is 5.73. The van der Waals surface area contributed by atoms with Gasteiger partial charge >= 0.3 is 0 Å². The van der Waals surface area contributed by atoms with E-state index in [4.69, 9.17) is 4.99 Å². The van der Waals surface area contributed by atoms with Crippen LogP contribution in [0.1, 0.15) is 13.8 Å². The van der Waals surface area contributed by atoms with Crippen molar-refractivity contribution in [1.29, 1.82) is 0 Å². The smallest absolute Gasteiger partial charge is 0.189 e. The maximum atomic E-state index is 12.5. The minimum absolute atomic E-state index is 0. The topological polar surface area (TPSA) is 93.8 Å². The van der Waals surface area contributed by atoms with Crippen molar-refractivity contribution in [2.24, 2.45) is 12.0 Å². The third-order valence-electron chi connectivity index (χ3n) is 5.51. The van der Waals surface area contributed by atoms with E-state index in [1.54, 1.807) is 4.68 Å². The fourth-order valence-corrected chi connectivity index (χ4v) is 3.99. The highest BCUT2D eigenvalue weighted by Gasteiger charge is 2.21. The molecule has 0 aliphatic carbocycles. The average molecular weight is 417 g/mol. The third-order valence-corrected chi connectivity index (χ3v) is 5.51. The number of H-pyrrole nitrogens is 1. The van der Waals surface area contributed by atoms with Crippen LogP contribution in [-0.4, -0.2) is 51.1 Å². The zero-order valence-corrected chi connectivity index (χ0v) is 17.5. The van der Waals surface area contributed by atoms with E-state index in [0.29, 0.717) is 22.8 Å². The number of rotatable bonds is 5. The summed E-state index contributed by atoms with van der Waals surface area (Å²) in [6.07, 6.45) is 0. The lowest BCUT2D eigenvalue weighted by molar-refractivity contribution is 0.312. The van der Waals surface area contributed by atoms with Crippen molar-refractivity contribution in [1.82, 2.24) is 14.7 Å². The first-order chi connectivity index (χ1) is 13.5. The predicted octanol–water partition coefficient (Wildman–Crippen LogP) is 2.69. The zero-order valence-electron chi connectivity index (χ0n) is 16.7. The molecule has 0 amide bonds. The van der Waals surface area contributed by atoms with Gasteiger partial charge in [0.1, 0.15) is 11.5 Å². The quantitative estimate of drug-likeness (QED) is 0.436. The number of nitrogens with zero attached hydrogens (tertiary/aromatic N) is 3. The van der Waals surface area contributed by atoms with Crippen LogP contribution in [0.4, 0.5) is 0 Å². The van der Waals surface area contributed by atoms with Crippen LogP contribution in [0.2, 0.25) is 0 Å². The van der Waals surface area contributed by atoms with Gasteiger partial charge in [-0.2, -0.15) is 0 Å². The van der Waals surface area contributed by atoms with Crippen LogP contribution in [0.3, 0.4) is 0 Å². The van der Waals surface area contributed by atoms with Crippen LogP contribution in [0.15, 0.2) is 34.1 Å². The van der Waals surface area contributed by atoms with Gasteiger partial charge in [0.2, 0.25) is 0 Å². The monoisotopic (exact) mass is 416 g/mol. The largest absolute Gasteiger partial charge is 0.507 e. The number of aromatic amines is 1. The maximum Gasteiger partial charge on any atom is 0.189 e. The van der Waals surface area contributed by atoms with Crippen molar-refractivity contribution >= 4 is 45.0 Å². The second-order valence-corrected chi connectivity index (χ2v) is 6.99. The Morgan fingerprint density at radius 1 is 1.03 bits per heavy atom. The molecule has 7 nitrogen and oxygen atoms in total. The predicted molar refractivity (Wildman–Crippen MR) is 119 cm³/mol. The number of nitrogens with one attached hydrogen (secondary N) is 1. The highest BCUT2D eigenvalue weighted by molar-refractivity contribution is 6.23. The van der Waals surface area contributed by atoms with E-state index in [2.05, 4.69) is 23.8 Å². The minimum atomic E-state index is -0.252. The number of likely N-dealkylation sites (N-methyl/N-ethyl adjacent to an activating group) is 1. The first-order valence-corrected chi connectivity index (χ1v) is 9.52. The molecular formula is C21H25ClN4O3. The molecule has 1 aromatic heterocycles. The minimum Gasteiger partial charge on any atom is -0.507 e. The van der Waals surface area contributed by atoms with E-state index in [0.717, 1.165) is 30.5 Å². The number of aromatic nitrogens is 2. The maximum absolute atomic E-state index is 12.5. The first-order valence-electron chi connectivity index (χ1n) is 9.52. The van der Waals surface area contributed by atoms with Crippen molar-refractivity contribution in [3.05, 3.63) is 39.8 Å². The summed E-state index contributed by atoms with van der Waals surface area (Å²) < 4.78 is 1.81. The van der Waals surface area contributed by atoms with E-state index < -0.39 is 0 Å². The summed E-state index contributed by atoms with van der Waals surface area (Å²) in [4.78, 5) is 19.5. The van der Waals surface area contributed by atoms with Crippen LogP contribution >= 0.6 is 12.4 Å². The molecule has 3 aromatic carbocycles. The summed E-state index contributed by atoms with van der Waals surface area (Å²) >= 11 is 0. The van der Waals surface area contributed by atoms with Gasteiger partial charge in [0.05, 0.1) is 39.1 Å². The Balaban J connectivity index is 0.00000240. The summed E-state index contributed by atoms with van der Waals surface area (Å²) in [6, 6.07) is 6.44. The van der Waals surface area contributed by atoms with Gasteiger partial charge in [-0.05, 0) is 37.4 Å². The number of benzene rings is 3. The third kappa shape index (κ3) is 3.20. The molecule has 4 rings (SSSR count). The average Bonchev–Trinajstić information content (AvgIpc) is 3.02. The summed E-state index contributed by atoms with van der Waals surface area (Å²) in [5.74, 6) is -0.231.